The molecule has 2 aromatic rings. The maximum atomic E-state index is 12.4. The van der Waals surface area contributed by atoms with Gasteiger partial charge in [-0.05, 0) is 12.1 Å². The molecule has 1 heterocycles. The molecule has 0 atom stereocenters. The summed E-state index contributed by atoms with van der Waals surface area (Å²) in [6.07, 6.45) is -4.51. The Hall–Kier alpha value is -0.880. The van der Waals surface area contributed by atoms with Gasteiger partial charge in [-0.1, -0.05) is 24.2 Å². The van der Waals surface area contributed by atoms with E-state index in [9.17, 15) is 13.2 Å². The van der Waals surface area contributed by atoms with Crippen molar-refractivity contribution in [2.75, 3.05) is 0 Å². The summed E-state index contributed by atoms with van der Waals surface area (Å²) in [4.78, 5) is 3.74. The average molecular weight is 254 g/mol. The van der Waals surface area contributed by atoms with Gasteiger partial charge >= 0.3 is 6.18 Å². The summed E-state index contributed by atoms with van der Waals surface area (Å²) in [6.45, 7) is 0. The number of thiol groups is 1. The third-order valence-corrected chi connectivity index (χ3v) is 2.28. The first kappa shape index (κ1) is 10.6. The van der Waals surface area contributed by atoms with Gasteiger partial charge in [-0.2, -0.15) is 13.2 Å². The average Bonchev–Trinajstić information content (AvgIpc) is 2.40. The lowest BCUT2D eigenvalue weighted by molar-refractivity contribution is -0.137. The second-order valence-electron chi connectivity index (χ2n) is 2.79. The van der Waals surface area contributed by atoms with Crippen LogP contribution in [0, 0.1) is 0 Å². The van der Waals surface area contributed by atoms with Crippen molar-refractivity contribution < 1.29 is 17.6 Å². The molecule has 0 amide bonds. The van der Waals surface area contributed by atoms with Gasteiger partial charge in [0.05, 0.1) is 10.6 Å². The van der Waals surface area contributed by atoms with Gasteiger partial charge in [-0.15, -0.1) is 0 Å². The Morgan fingerprint density at radius 1 is 1.33 bits per heavy atom. The Balaban J connectivity index is 2.72. The highest BCUT2D eigenvalue weighted by Gasteiger charge is 2.34. The summed E-state index contributed by atoms with van der Waals surface area (Å²) >= 11 is 9.25. The molecule has 1 aromatic heterocycles. The first-order valence-corrected chi connectivity index (χ1v) is 4.56. The maximum absolute atomic E-state index is 12.4. The molecular formula is C8H3ClF3NOS. The molecular weight excluding hydrogens is 251 g/mol. The number of oxazole rings is 1. The molecule has 2 nitrogen and oxygen atoms in total. The standard InChI is InChI=1S/C8H3ClF3NOS/c9-4-2-5-6(14-7(15)13-5)1-3(4)8(10,11)12/h1-2H,(H,13,15). The van der Waals surface area contributed by atoms with Crippen molar-refractivity contribution in [1.82, 2.24) is 4.98 Å². The minimum atomic E-state index is -4.51. The number of hydrogen-bond acceptors (Lipinski definition) is 3. The molecule has 7 heteroatoms. The van der Waals surface area contributed by atoms with Crippen molar-refractivity contribution in [3.63, 3.8) is 0 Å². The Kier molecular flexibility index (Phi) is 2.35. The summed E-state index contributed by atoms with van der Waals surface area (Å²) < 4.78 is 42.1. The molecule has 0 aliphatic carbocycles. The zero-order chi connectivity index (χ0) is 11.2. The van der Waals surface area contributed by atoms with Crippen molar-refractivity contribution in [2.45, 2.75) is 11.4 Å². The van der Waals surface area contributed by atoms with Gasteiger partial charge in [0.2, 0.25) is 0 Å². The quantitative estimate of drug-likeness (QED) is 0.723. The number of rotatable bonds is 0. The minimum absolute atomic E-state index is 0.000362. The van der Waals surface area contributed by atoms with E-state index in [4.69, 9.17) is 16.0 Å². The highest BCUT2D eigenvalue weighted by molar-refractivity contribution is 7.80. The van der Waals surface area contributed by atoms with Gasteiger partial charge in [0.15, 0.2) is 5.58 Å². The predicted octanol–water partition coefficient (Wildman–Crippen LogP) is 3.79. The van der Waals surface area contributed by atoms with E-state index in [1.54, 1.807) is 0 Å². The summed E-state index contributed by atoms with van der Waals surface area (Å²) in [5, 5.41) is -0.406. The van der Waals surface area contributed by atoms with Gasteiger partial charge in [0, 0.05) is 0 Å². The molecule has 15 heavy (non-hydrogen) atoms. The number of fused-ring (bicyclic) bond motifs is 1. The van der Waals surface area contributed by atoms with Crippen LogP contribution in [0.25, 0.3) is 11.1 Å². The van der Waals surface area contributed by atoms with Gasteiger partial charge in [0.1, 0.15) is 5.52 Å². The molecule has 2 rings (SSSR count). The third kappa shape index (κ3) is 1.91. The van der Waals surface area contributed by atoms with E-state index < -0.39 is 16.8 Å². The fraction of sp³-hybridized carbons (Fsp3) is 0.125. The second-order valence-corrected chi connectivity index (χ2v) is 3.58. The fourth-order valence-corrected chi connectivity index (χ4v) is 1.62. The summed E-state index contributed by atoms with van der Waals surface area (Å²) in [5.41, 5.74) is -0.684. The van der Waals surface area contributed by atoms with Crippen LogP contribution >= 0.6 is 24.2 Å². The largest absolute Gasteiger partial charge is 0.432 e. The Labute approximate surface area is 92.4 Å². The lowest BCUT2D eigenvalue weighted by Crippen LogP contribution is -2.05. The number of aromatic nitrogens is 1. The van der Waals surface area contributed by atoms with Gasteiger partial charge in [0.25, 0.3) is 5.22 Å². The number of alkyl halides is 3. The van der Waals surface area contributed by atoms with Gasteiger partial charge < -0.3 is 4.42 Å². The second kappa shape index (κ2) is 3.31. The molecule has 0 saturated heterocycles. The van der Waals surface area contributed by atoms with Crippen LogP contribution < -0.4 is 0 Å². The van der Waals surface area contributed by atoms with Crippen LogP contribution in [0.1, 0.15) is 5.56 Å². The van der Waals surface area contributed by atoms with E-state index in [2.05, 4.69) is 17.6 Å². The minimum Gasteiger partial charge on any atom is -0.432 e. The van der Waals surface area contributed by atoms with Crippen LogP contribution in [-0.2, 0) is 6.18 Å². The molecule has 0 saturated carbocycles. The van der Waals surface area contributed by atoms with E-state index in [1.807, 2.05) is 0 Å². The molecule has 0 unspecified atom stereocenters. The van der Waals surface area contributed by atoms with Crippen LogP contribution in [0.2, 0.25) is 5.02 Å². The van der Waals surface area contributed by atoms with E-state index in [-0.39, 0.29) is 16.3 Å². The first-order chi connectivity index (χ1) is 6.88. The molecule has 1 aromatic carbocycles. The molecule has 0 fully saturated rings. The molecule has 0 aliphatic rings. The first-order valence-electron chi connectivity index (χ1n) is 3.74. The molecule has 0 N–H and O–H groups in total. The van der Waals surface area contributed by atoms with E-state index >= 15 is 0 Å². The Morgan fingerprint density at radius 3 is 2.60 bits per heavy atom. The Morgan fingerprint density at radius 2 is 2.00 bits per heavy atom. The van der Waals surface area contributed by atoms with E-state index in [0.29, 0.717) is 0 Å². The summed E-state index contributed by atoms with van der Waals surface area (Å²) in [7, 11) is 0. The van der Waals surface area contributed by atoms with Crippen molar-refractivity contribution >= 4 is 35.3 Å². The van der Waals surface area contributed by atoms with Crippen LogP contribution in [0.15, 0.2) is 21.8 Å². The van der Waals surface area contributed by atoms with Crippen molar-refractivity contribution in [1.29, 1.82) is 0 Å². The summed E-state index contributed by atoms with van der Waals surface area (Å²) in [5.74, 6) is 0. The van der Waals surface area contributed by atoms with Gasteiger partial charge in [-0.25, -0.2) is 4.98 Å². The van der Waals surface area contributed by atoms with Crippen molar-refractivity contribution in [3.05, 3.63) is 22.7 Å². The summed E-state index contributed by atoms with van der Waals surface area (Å²) in [6, 6.07) is 1.91. The number of hydrogen-bond donors (Lipinski definition) is 1. The SMILES string of the molecule is FC(F)(F)c1cc2oc(S)nc2cc1Cl. The van der Waals surface area contributed by atoms with E-state index in [0.717, 1.165) is 12.1 Å². The molecule has 0 aliphatic heterocycles. The maximum Gasteiger partial charge on any atom is 0.417 e. The zero-order valence-electron chi connectivity index (χ0n) is 6.97. The van der Waals surface area contributed by atoms with Crippen LogP contribution in [0.3, 0.4) is 0 Å². The number of nitrogens with zero attached hydrogens (tertiary/aromatic N) is 1. The van der Waals surface area contributed by atoms with Crippen molar-refractivity contribution in [3.8, 4) is 0 Å². The monoisotopic (exact) mass is 253 g/mol. The molecule has 80 valence electrons. The lowest BCUT2D eigenvalue weighted by atomic mass is 10.2. The van der Waals surface area contributed by atoms with E-state index in [1.165, 1.54) is 0 Å². The molecule has 0 bridgehead atoms. The van der Waals surface area contributed by atoms with Gasteiger partial charge in [-0.3, -0.25) is 0 Å². The molecule has 0 radical (unpaired) electrons. The topological polar surface area (TPSA) is 26.0 Å². The van der Waals surface area contributed by atoms with Crippen molar-refractivity contribution in [2.24, 2.45) is 0 Å². The molecule has 0 spiro atoms. The predicted molar refractivity (Wildman–Crippen MR) is 51.3 cm³/mol. The number of halogens is 4. The highest BCUT2D eigenvalue weighted by atomic mass is 35.5. The third-order valence-electron chi connectivity index (χ3n) is 1.77. The van der Waals surface area contributed by atoms with Crippen LogP contribution in [-0.4, -0.2) is 4.98 Å². The lowest BCUT2D eigenvalue weighted by Gasteiger charge is -2.07. The normalized spacial score (nSPS) is 12.3. The smallest absolute Gasteiger partial charge is 0.417 e. The van der Waals surface area contributed by atoms with Crippen LogP contribution in [0.4, 0.5) is 13.2 Å². The zero-order valence-corrected chi connectivity index (χ0v) is 8.62. The fourth-order valence-electron chi connectivity index (χ4n) is 1.15. The highest BCUT2D eigenvalue weighted by Crippen LogP contribution is 2.37. The number of benzene rings is 1. The Bertz CT molecular complexity index is 522. The van der Waals surface area contributed by atoms with Crippen LogP contribution in [0.5, 0.6) is 0 Å².